The number of hydrogen-bond donors (Lipinski definition) is 1. The van der Waals surface area contributed by atoms with E-state index in [1.165, 1.54) is 5.56 Å². The van der Waals surface area contributed by atoms with Crippen molar-refractivity contribution < 1.29 is 4.74 Å². The molecule has 0 unspecified atom stereocenters. The summed E-state index contributed by atoms with van der Waals surface area (Å²) in [6, 6.07) is 4.25. The second-order valence-electron chi connectivity index (χ2n) is 5.74. The van der Waals surface area contributed by atoms with E-state index in [0.29, 0.717) is 5.92 Å². The van der Waals surface area contributed by atoms with Gasteiger partial charge in [-0.25, -0.2) is 4.98 Å². The van der Waals surface area contributed by atoms with Gasteiger partial charge in [0.25, 0.3) is 0 Å². The molecule has 0 spiro atoms. The van der Waals surface area contributed by atoms with Crippen LogP contribution in [0.1, 0.15) is 17.1 Å². The average molecular weight is 286 g/mol. The maximum absolute atomic E-state index is 5.75. The molecule has 112 valence electrons. The van der Waals surface area contributed by atoms with Gasteiger partial charge in [0.05, 0.1) is 19.8 Å². The molecular weight excluding hydrogens is 264 g/mol. The molecule has 0 bridgehead atoms. The van der Waals surface area contributed by atoms with Crippen molar-refractivity contribution in [3.63, 3.8) is 0 Å². The molecule has 1 fully saturated rings. The Morgan fingerprint density at radius 2 is 2.33 bits per heavy atom. The van der Waals surface area contributed by atoms with Gasteiger partial charge in [0.15, 0.2) is 0 Å². The third kappa shape index (κ3) is 4.12. The highest BCUT2D eigenvalue weighted by molar-refractivity contribution is 5.12. The van der Waals surface area contributed by atoms with Crippen molar-refractivity contribution in [2.45, 2.75) is 19.9 Å². The van der Waals surface area contributed by atoms with Gasteiger partial charge < -0.3 is 9.72 Å². The van der Waals surface area contributed by atoms with Gasteiger partial charge in [-0.05, 0) is 25.0 Å². The van der Waals surface area contributed by atoms with Gasteiger partial charge in [-0.1, -0.05) is 6.07 Å². The Morgan fingerprint density at radius 1 is 1.38 bits per heavy atom. The molecule has 0 saturated carbocycles. The number of pyridine rings is 1. The van der Waals surface area contributed by atoms with Crippen molar-refractivity contribution in [3.8, 4) is 0 Å². The fourth-order valence-electron chi connectivity index (χ4n) is 2.73. The van der Waals surface area contributed by atoms with Crippen LogP contribution in [0.2, 0.25) is 0 Å². The molecule has 1 aliphatic rings. The minimum absolute atomic E-state index is 0.484. The van der Waals surface area contributed by atoms with Gasteiger partial charge in [-0.2, -0.15) is 0 Å². The molecule has 0 aliphatic carbocycles. The van der Waals surface area contributed by atoms with Gasteiger partial charge in [0.1, 0.15) is 5.82 Å². The van der Waals surface area contributed by atoms with Gasteiger partial charge in [-0.3, -0.25) is 9.88 Å². The highest BCUT2D eigenvalue weighted by Gasteiger charge is 2.20. The van der Waals surface area contributed by atoms with Crippen LogP contribution in [0, 0.1) is 12.8 Å². The second-order valence-corrected chi connectivity index (χ2v) is 5.74. The molecule has 1 aliphatic heterocycles. The van der Waals surface area contributed by atoms with Crippen LogP contribution in [0.25, 0.3) is 0 Å². The summed E-state index contributed by atoms with van der Waals surface area (Å²) < 4.78 is 5.75. The first-order valence-corrected chi connectivity index (χ1v) is 7.49. The Kier molecular flexibility index (Phi) is 4.62. The van der Waals surface area contributed by atoms with E-state index in [0.717, 1.165) is 50.8 Å². The standard InChI is InChI=1S/C16H22N4O/c1-13-2-3-15(19-9-13)8-14-10-20(6-7-21-12-14)11-16-17-4-5-18-16/h2-5,9,14H,6-8,10-12H2,1H3,(H,17,18)/t14-/m1/s1. The summed E-state index contributed by atoms with van der Waals surface area (Å²) in [5.74, 6) is 1.50. The molecule has 5 heteroatoms. The van der Waals surface area contributed by atoms with E-state index in [9.17, 15) is 0 Å². The van der Waals surface area contributed by atoms with E-state index < -0.39 is 0 Å². The summed E-state index contributed by atoms with van der Waals surface area (Å²) in [6.45, 7) is 6.50. The van der Waals surface area contributed by atoms with Crippen LogP contribution in [0.5, 0.6) is 0 Å². The lowest BCUT2D eigenvalue weighted by atomic mass is 10.0. The molecule has 3 heterocycles. The first kappa shape index (κ1) is 14.2. The zero-order chi connectivity index (χ0) is 14.5. The van der Waals surface area contributed by atoms with Crippen LogP contribution < -0.4 is 0 Å². The van der Waals surface area contributed by atoms with Crippen LogP contribution in [0.3, 0.4) is 0 Å². The van der Waals surface area contributed by atoms with E-state index in [4.69, 9.17) is 4.74 Å². The van der Waals surface area contributed by atoms with Gasteiger partial charge in [-0.15, -0.1) is 0 Å². The Balaban J connectivity index is 1.60. The molecule has 1 atom stereocenters. The molecule has 21 heavy (non-hydrogen) atoms. The molecular formula is C16H22N4O. The van der Waals surface area contributed by atoms with Crippen molar-refractivity contribution in [2.24, 2.45) is 5.92 Å². The molecule has 2 aromatic rings. The number of aromatic amines is 1. The molecule has 1 N–H and O–H groups in total. The summed E-state index contributed by atoms with van der Waals surface area (Å²) in [6.07, 6.45) is 6.58. The summed E-state index contributed by atoms with van der Waals surface area (Å²) in [4.78, 5) is 14.4. The van der Waals surface area contributed by atoms with E-state index >= 15 is 0 Å². The molecule has 0 radical (unpaired) electrons. The van der Waals surface area contributed by atoms with Gasteiger partial charge in [0, 0.05) is 43.3 Å². The molecule has 2 aromatic heterocycles. The number of imidazole rings is 1. The number of hydrogen-bond acceptors (Lipinski definition) is 4. The lowest BCUT2D eigenvalue weighted by Gasteiger charge is -2.22. The van der Waals surface area contributed by atoms with Crippen molar-refractivity contribution in [1.82, 2.24) is 19.9 Å². The summed E-state index contributed by atoms with van der Waals surface area (Å²) in [7, 11) is 0. The van der Waals surface area contributed by atoms with Gasteiger partial charge >= 0.3 is 0 Å². The van der Waals surface area contributed by atoms with E-state index in [2.05, 4.69) is 38.9 Å². The largest absolute Gasteiger partial charge is 0.380 e. The summed E-state index contributed by atoms with van der Waals surface area (Å²) in [5, 5.41) is 0. The van der Waals surface area contributed by atoms with E-state index in [-0.39, 0.29) is 0 Å². The second kappa shape index (κ2) is 6.83. The molecule has 0 amide bonds. The summed E-state index contributed by atoms with van der Waals surface area (Å²) >= 11 is 0. The molecule has 0 aromatic carbocycles. The Bertz CT molecular complexity index is 538. The minimum atomic E-state index is 0.484. The predicted octanol–water partition coefficient (Wildman–Crippen LogP) is 1.80. The fourth-order valence-corrected chi connectivity index (χ4v) is 2.73. The zero-order valence-electron chi connectivity index (χ0n) is 12.5. The third-order valence-corrected chi connectivity index (χ3v) is 3.82. The first-order chi connectivity index (χ1) is 10.3. The highest BCUT2D eigenvalue weighted by atomic mass is 16.5. The smallest absolute Gasteiger partial charge is 0.120 e. The number of aryl methyl sites for hydroxylation is 1. The van der Waals surface area contributed by atoms with E-state index in [1.807, 2.05) is 12.4 Å². The molecule has 1 saturated heterocycles. The van der Waals surface area contributed by atoms with Crippen LogP contribution in [-0.2, 0) is 17.7 Å². The zero-order valence-corrected chi connectivity index (χ0v) is 12.5. The number of H-pyrrole nitrogens is 1. The van der Waals surface area contributed by atoms with Crippen LogP contribution >= 0.6 is 0 Å². The molecule has 3 rings (SSSR count). The maximum atomic E-state index is 5.75. The summed E-state index contributed by atoms with van der Waals surface area (Å²) in [5.41, 5.74) is 2.35. The van der Waals surface area contributed by atoms with Crippen LogP contribution in [0.4, 0.5) is 0 Å². The number of nitrogens with one attached hydrogen (secondary N) is 1. The SMILES string of the molecule is Cc1ccc(C[C@H]2COCCN(Cc3ncc[nH]3)C2)nc1. The lowest BCUT2D eigenvalue weighted by Crippen LogP contribution is -2.31. The predicted molar refractivity (Wildman–Crippen MR) is 80.9 cm³/mol. The minimum Gasteiger partial charge on any atom is -0.380 e. The average Bonchev–Trinajstić information content (AvgIpc) is 2.89. The normalized spacial score (nSPS) is 20.3. The third-order valence-electron chi connectivity index (χ3n) is 3.82. The topological polar surface area (TPSA) is 54.0 Å². The Hall–Kier alpha value is -1.72. The monoisotopic (exact) mass is 286 g/mol. The number of rotatable bonds is 4. The Morgan fingerprint density at radius 3 is 3.10 bits per heavy atom. The quantitative estimate of drug-likeness (QED) is 0.931. The molecule has 5 nitrogen and oxygen atoms in total. The van der Waals surface area contributed by atoms with Gasteiger partial charge in [0.2, 0.25) is 0 Å². The fraction of sp³-hybridized carbons (Fsp3) is 0.500. The highest BCUT2D eigenvalue weighted by Crippen LogP contribution is 2.14. The van der Waals surface area contributed by atoms with Crippen LogP contribution in [0.15, 0.2) is 30.7 Å². The number of ether oxygens (including phenoxy) is 1. The van der Waals surface area contributed by atoms with Crippen molar-refractivity contribution in [3.05, 3.63) is 47.8 Å². The first-order valence-electron chi connectivity index (χ1n) is 7.49. The van der Waals surface area contributed by atoms with Crippen LogP contribution in [-0.4, -0.2) is 46.2 Å². The van der Waals surface area contributed by atoms with Crippen molar-refractivity contribution in [1.29, 1.82) is 0 Å². The Labute approximate surface area is 125 Å². The van der Waals surface area contributed by atoms with E-state index in [1.54, 1.807) is 6.20 Å². The number of aromatic nitrogens is 3. The number of nitrogens with zero attached hydrogens (tertiary/aromatic N) is 3. The lowest BCUT2D eigenvalue weighted by molar-refractivity contribution is 0.121. The maximum Gasteiger partial charge on any atom is 0.120 e. The van der Waals surface area contributed by atoms with Crippen molar-refractivity contribution in [2.75, 3.05) is 26.3 Å². The van der Waals surface area contributed by atoms with Crippen molar-refractivity contribution >= 4 is 0 Å².